The molecule has 1 saturated heterocycles. The van der Waals surface area contributed by atoms with E-state index in [1.54, 1.807) is 18.2 Å². The highest BCUT2D eigenvalue weighted by molar-refractivity contribution is 7.12. The Labute approximate surface area is 242 Å². The van der Waals surface area contributed by atoms with Crippen molar-refractivity contribution in [3.05, 3.63) is 124 Å². The standard InChI is InChI=1S/C34H28N2O4S/c1-2-19-40-26-15-8-5-12-23(26)30(37)29-28(31(38)27-16-9-20-41-27)34(24-13-6-7-14-25(24)35-33(34)39)32-22-11-4-3-10-21(22)17-18-36(29)32/h3-18,20,28-29,32H,2,19H2,1H3,(H,35,39)/t28-,29-,32+,34+/m0/s1. The molecular formula is C34H28N2O4S. The van der Waals surface area contributed by atoms with E-state index < -0.39 is 23.4 Å². The zero-order chi connectivity index (χ0) is 28.1. The van der Waals surface area contributed by atoms with Crippen molar-refractivity contribution in [1.29, 1.82) is 0 Å². The Hall–Kier alpha value is -4.49. The lowest BCUT2D eigenvalue weighted by molar-refractivity contribution is -0.122. The maximum Gasteiger partial charge on any atom is 0.238 e. The highest BCUT2D eigenvalue weighted by Crippen LogP contribution is 2.62. The number of carbonyl (C=O) groups is 3. The molecule has 3 aromatic carbocycles. The number of thiophene rings is 1. The average molecular weight is 561 g/mol. The van der Waals surface area contributed by atoms with Crippen LogP contribution < -0.4 is 10.1 Å². The number of carbonyl (C=O) groups excluding carboxylic acids is 3. The van der Waals surface area contributed by atoms with Gasteiger partial charge in [0.2, 0.25) is 5.91 Å². The molecule has 3 aliphatic heterocycles. The summed E-state index contributed by atoms with van der Waals surface area (Å²) in [6, 6.07) is 24.8. The Balaban J connectivity index is 1.51. The number of fused-ring (bicyclic) bond motifs is 6. The normalized spacial score (nSPS) is 23.6. The van der Waals surface area contributed by atoms with Gasteiger partial charge in [0, 0.05) is 11.9 Å². The fraction of sp³-hybridized carbons (Fsp3) is 0.206. The maximum absolute atomic E-state index is 14.8. The summed E-state index contributed by atoms with van der Waals surface area (Å²) in [5, 5.41) is 4.94. The molecule has 1 aromatic heterocycles. The molecule has 0 radical (unpaired) electrons. The Morgan fingerprint density at radius 3 is 2.56 bits per heavy atom. The molecule has 1 amide bonds. The molecule has 0 unspecified atom stereocenters. The van der Waals surface area contributed by atoms with Crippen molar-refractivity contribution in [3.8, 4) is 5.75 Å². The monoisotopic (exact) mass is 560 g/mol. The van der Waals surface area contributed by atoms with Crippen LogP contribution >= 0.6 is 11.3 Å². The molecule has 4 atom stereocenters. The third-order valence-corrected chi connectivity index (χ3v) is 9.38. The van der Waals surface area contributed by atoms with Crippen LogP contribution in [-0.4, -0.2) is 35.0 Å². The average Bonchev–Trinajstić information content (AvgIpc) is 3.72. The Morgan fingerprint density at radius 1 is 0.951 bits per heavy atom. The van der Waals surface area contributed by atoms with Gasteiger partial charge in [0.1, 0.15) is 17.2 Å². The van der Waals surface area contributed by atoms with Gasteiger partial charge in [0.05, 0.1) is 29.0 Å². The number of benzene rings is 3. The fourth-order valence-corrected chi connectivity index (χ4v) is 7.61. The Bertz CT molecular complexity index is 1710. The lowest BCUT2D eigenvalue weighted by Crippen LogP contribution is -2.49. The molecule has 0 aliphatic carbocycles. The molecule has 7 rings (SSSR count). The predicted octanol–water partition coefficient (Wildman–Crippen LogP) is 6.52. The summed E-state index contributed by atoms with van der Waals surface area (Å²) >= 11 is 1.33. The molecule has 6 nitrogen and oxygen atoms in total. The number of Topliss-reactive ketones (excluding diaryl/α,β-unsaturated/α-hetero) is 2. The van der Waals surface area contributed by atoms with Crippen LogP contribution in [0.4, 0.5) is 5.69 Å². The summed E-state index contributed by atoms with van der Waals surface area (Å²) in [5.41, 5.74) is 2.37. The second kappa shape index (κ2) is 9.85. The number of rotatable bonds is 7. The third kappa shape index (κ3) is 3.65. The van der Waals surface area contributed by atoms with Gasteiger partial charge in [0.25, 0.3) is 0 Å². The van der Waals surface area contributed by atoms with Crippen LogP contribution in [0.1, 0.15) is 56.1 Å². The van der Waals surface area contributed by atoms with E-state index in [1.165, 1.54) is 11.3 Å². The van der Waals surface area contributed by atoms with Gasteiger partial charge in [-0.1, -0.05) is 67.6 Å². The first-order valence-corrected chi connectivity index (χ1v) is 14.7. The number of para-hydroxylation sites is 2. The van der Waals surface area contributed by atoms with Crippen LogP contribution in [-0.2, 0) is 10.2 Å². The summed E-state index contributed by atoms with van der Waals surface area (Å²) < 4.78 is 6.00. The molecule has 1 fully saturated rings. The molecule has 4 aromatic rings. The highest BCUT2D eigenvalue weighted by Gasteiger charge is 2.71. The van der Waals surface area contributed by atoms with Crippen molar-refractivity contribution < 1.29 is 19.1 Å². The smallest absolute Gasteiger partial charge is 0.238 e. The van der Waals surface area contributed by atoms with Crippen LogP contribution in [0.15, 0.2) is 96.5 Å². The number of nitrogens with one attached hydrogen (secondary N) is 1. The SMILES string of the molecule is CCCOc1ccccc1C(=O)[C@@H]1[C@@H](C(=O)c2cccs2)[C@@]2(C(=O)Nc3ccccc32)[C@H]2c3ccccc3C=CN12. The summed E-state index contributed by atoms with van der Waals surface area (Å²) in [7, 11) is 0. The molecule has 4 heterocycles. The first-order valence-electron chi connectivity index (χ1n) is 13.9. The number of nitrogens with zero attached hydrogens (tertiary/aromatic N) is 1. The fourth-order valence-electron chi connectivity index (χ4n) is 6.91. The Morgan fingerprint density at radius 2 is 1.73 bits per heavy atom. The lowest BCUT2D eigenvalue weighted by Gasteiger charge is -2.38. The number of amides is 1. The van der Waals surface area contributed by atoms with Crippen molar-refractivity contribution in [2.24, 2.45) is 5.92 Å². The van der Waals surface area contributed by atoms with Crippen molar-refractivity contribution in [2.75, 3.05) is 11.9 Å². The topological polar surface area (TPSA) is 75.7 Å². The summed E-state index contributed by atoms with van der Waals surface area (Å²) in [6.07, 6.45) is 4.65. The van der Waals surface area contributed by atoms with Gasteiger partial charge >= 0.3 is 0 Å². The van der Waals surface area contributed by atoms with E-state index in [0.717, 1.165) is 23.1 Å². The molecule has 1 spiro atoms. The van der Waals surface area contributed by atoms with Gasteiger partial charge in [-0.05, 0) is 58.8 Å². The second-order valence-electron chi connectivity index (χ2n) is 10.6. The van der Waals surface area contributed by atoms with Gasteiger partial charge in [-0.2, -0.15) is 0 Å². The van der Waals surface area contributed by atoms with E-state index in [0.29, 0.717) is 28.5 Å². The molecule has 41 heavy (non-hydrogen) atoms. The minimum Gasteiger partial charge on any atom is -0.493 e. The van der Waals surface area contributed by atoms with Crippen molar-refractivity contribution in [2.45, 2.75) is 30.8 Å². The predicted molar refractivity (Wildman–Crippen MR) is 159 cm³/mol. The highest BCUT2D eigenvalue weighted by atomic mass is 32.1. The van der Waals surface area contributed by atoms with Gasteiger partial charge in [-0.25, -0.2) is 0 Å². The van der Waals surface area contributed by atoms with E-state index in [2.05, 4.69) is 5.32 Å². The summed E-state index contributed by atoms with van der Waals surface area (Å²) in [5.74, 6) is -1.22. The van der Waals surface area contributed by atoms with Crippen LogP contribution in [0.3, 0.4) is 0 Å². The summed E-state index contributed by atoms with van der Waals surface area (Å²) in [4.78, 5) is 46.4. The number of hydrogen-bond donors (Lipinski definition) is 1. The lowest BCUT2D eigenvalue weighted by atomic mass is 9.63. The minimum absolute atomic E-state index is 0.211. The summed E-state index contributed by atoms with van der Waals surface area (Å²) in [6.45, 7) is 2.48. The Kier molecular flexibility index (Phi) is 6.12. The van der Waals surface area contributed by atoms with Crippen molar-refractivity contribution in [1.82, 2.24) is 4.90 Å². The van der Waals surface area contributed by atoms with Crippen molar-refractivity contribution in [3.63, 3.8) is 0 Å². The van der Waals surface area contributed by atoms with E-state index in [9.17, 15) is 14.4 Å². The van der Waals surface area contributed by atoms with Crippen LogP contribution in [0.2, 0.25) is 0 Å². The molecule has 0 saturated carbocycles. The molecule has 0 bridgehead atoms. The first-order chi connectivity index (χ1) is 20.1. The second-order valence-corrected chi connectivity index (χ2v) is 11.6. The zero-order valence-electron chi connectivity index (χ0n) is 22.4. The number of ether oxygens (including phenoxy) is 1. The molecule has 3 aliphatic rings. The first kappa shape index (κ1) is 25.5. The minimum atomic E-state index is -1.34. The third-order valence-electron chi connectivity index (χ3n) is 8.50. The van der Waals surface area contributed by atoms with E-state index in [4.69, 9.17) is 4.74 Å². The number of anilines is 1. The molecular weight excluding hydrogens is 532 g/mol. The van der Waals surface area contributed by atoms with Crippen LogP contribution in [0.5, 0.6) is 5.75 Å². The molecule has 7 heteroatoms. The van der Waals surface area contributed by atoms with Gasteiger partial charge in [-0.15, -0.1) is 11.3 Å². The number of ketones is 2. The van der Waals surface area contributed by atoms with Gasteiger partial charge in [0.15, 0.2) is 11.6 Å². The van der Waals surface area contributed by atoms with Gasteiger partial charge < -0.3 is 15.0 Å². The van der Waals surface area contributed by atoms with Gasteiger partial charge in [-0.3, -0.25) is 14.4 Å². The quantitative estimate of drug-likeness (QED) is 0.261. The maximum atomic E-state index is 14.8. The van der Waals surface area contributed by atoms with Crippen LogP contribution in [0.25, 0.3) is 6.08 Å². The largest absolute Gasteiger partial charge is 0.493 e. The van der Waals surface area contributed by atoms with Crippen molar-refractivity contribution >= 4 is 40.6 Å². The van der Waals surface area contributed by atoms with E-state index in [1.807, 2.05) is 96.2 Å². The van der Waals surface area contributed by atoms with E-state index >= 15 is 0 Å². The van der Waals surface area contributed by atoms with Crippen LogP contribution in [0, 0.1) is 5.92 Å². The zero-order valence-corrected chi connectivity index (χ0v) is 23.3. The number of hydrogen-bond acceptors (Lipinski definition) is 6. The molecule has 204 valence electrons. The molecule has 1 N–H and O–H groups in total. The van der Waals surface area contributed by atoms with E-state index in [-0.39, 0.29) is 17.5 Å².